The number of hydrogen-bond acceptors (Lipinski definition) is 11. The minimum atomic E-state index is -2.68. The van der Waals surface area contributed by atoms with Gasteiger partial charge in [0, 0.05) is 48.7 Å². The number of hydrogen-bond donors (Lipinski definition) is 1. The Labute approximate surface area is 239 Å². The van der Waals surface area contributed by atoms with Crippen molar-refractivity contribution in [3.63, 3.8) is 0 Å². The molecule has 0 spiro atoms. The maximum atomic E-state index is 12.4. The van der Waals surface area contributed by atoms with Gasteiger partial charge in [-0.15, -0.1) is 0 Å². The Balaban J connectivity index is 2.13. The van der Waals surface area contributed by atoms with Crippen LogP contribution in [0.5, 0.6) is 5.75 Å². The zero-order valence-corrected chi connectivity index (χ0v) is 22.2. The topological polar surface area (TPSA) is 144 Å². The van der Waals surface area contributed by atoms with E-state index in [4.69, 9.17) is 33.9 Å². The standard InChI is InChI=1S/C27H29BrO11/c1-15(29)34-14-23-24(36-16(2)30)25(37-17(3)31)26(38-18(4)32)27(33,39-23)20-10-11-22(28)19(12-20)13-35-21-8-6-5-7-9-21/h5-12,23-26,33H,13-14H2,1-4H3/t23-,24-,25+,26-,27?/m1/s1/i1D,2D,3D,4D. The molecule has 1 aliphatic heterocycles. The fourth-order valence-electron chi connectivity index (χ4n) is 3.96. The summed E-state index contributed by atoms with van der Waals surface area (Å²) in [5, 5.41) is 12.1. The van der Waals surface area contributed by atoms with Crippen molar-refractivity contribution in [3.8, 4) is 5.75 Å². The molecule has 0 amide bonds. The van der Waals surface area contributed by atoms with Crippen LogP contribution < -0.4 is 4.74 Å². The number of carbonyl (C=O) groups excluding carboxylic acids is 4. The second kappa shape index (κ2) is 13.0. The predicted octanol–water partition coefficient (Wildman–Crippen LogP) is 2.93. The van der Waals surface area contributed by atoms with E-state index in [0.29, 0.717) is 15.8 Å². The number of ether oxygens (including phenoxy) is 6. The molecule has 0 saturated carbocycles. The molecule has 2 aromatic rings. The van der Waals surface area contributed by atoms with E-state index in [1.54, 1.807) is 24.3 Å². The maximum absolute atomic E-state index is 12.4. The minimum absolute atomic E-state index is 0.00275. The Kier molecular flexibility index (Phi) is 8.21. The van der Waals surface area contributed by atoms with Gasteiger partial charge in [-0.1, -0.05) is 40.2 Å². The number of aliphatic hydroxyl groups is 1. The summed E-state index contributed by atoms with van der Waals surface area (Å²) in [5.74, 6) is -6.59. The van der Waals surface area contributed by atoms with Crippen LogP contribution in [0.2, 0.25) is 0 Å². The Morgan fingerprint density at radius 2 is 1.56 bits per heavy atom. The smallest absolute Gasteiger partial charge is 0.303 e. The molecule has 3 rings (SSSR count). The van der Waals surface area contributed by atoms with E-state index < -0.39 is 88.3 Å². The lowest BCUT2D eigenvalue weighted by Gasteiger charge is -2.48. The summed E-state index contributed by atoms with van der Waals surface area (Å²) in [6, 6.07) is 13.2. The molecule has 0 bridgehead atoms. The van der Waals surface area contributed by atoms with Gasteiger partial charge in [0.2, 0.25) is 11.9 Å². The zero-order chi connectivity index (χ0) is 31.6. The zero-order valence-electron chi connectivity index (χ0n) is 24.6. The first-order chi connectivity index (χ1) is 20.6. The van der Waals surface area contributed by atoms with Crippen LogP contribution >= 0.6 is 15.9 Å². The van der Waals surface area contributed by atoms with Crippen molar-refractivity contribution in [2.24, 2.45) is 0 Å². The lowest BCUT2D eigenvalue weighted by Crippen LogP contribution is -2.66. The van der Waals surface area contributed by atoms with E-state index in [0.717, 1.165) is 0 Å². The number of halogens is 1. The number of esters is 4. The number of para-hydroxylation sites is 1. The van der Waals surface area contributed by atoms with Gasteiger partial charge < -0.3 is 33.5 Å². The van der Waals surface area contributed by atoms with Gasteiger partial charge in [-0.3, -0.25) is 19.2 Å². The molecule has 1 heterocycles. The third-order valence-corrected chi connectivity index (χ3v) is 6.28. The molecule has 1 saturated heterocycles. The van der Waals surface area contributed by atoms with Gasteiger partial charge in [0.15, 0.2) is 12.2 Å². The Morgan fingerprint density at radius 1 is 0.923 bits per heavy atom. The highest BCUT2D eigenvalue weighted by atomic mass is 79.9. The molecule has 0 aliphatic carbocycles. The molecule has 0 radical (unpaired) electrons. The van der Waals surface area contributed by atoms with Gasteiger partial charge in [0.25, 0.3) is 0 Å². The fraction of sp³-hybridized carbons (Fsp3) is 0.407. The van der Waals surface area contributed by atoms with Gasteiger partial charge in [0.05, 0.1) is 0 Å². The van der Waals surface area contributed by atoms with Crippen molar-refractivity contribution in [2.45, 2.75) is 64.4 Å². The van der Waals surface area contributed by atoms with Crippen molar-refractivity contribution in [1.29, 1.82) is 0 Å². The van der Waals surface area contributed by atoms with Gasteiger partial charge in [-0.2, -0.15) is 0 Å². The molecule has 0 aromatic heterocycles. The Bertz CT molecular complexity index is 1280. The van der Waals surface area contributed by atoms with Crippen LogP contribution in [0.25, 0.3) is 0 Å². The fourth-order valence-corrected chi connectivity index (χ4v) is 4.32. The van der Waals surface area contributed by atoms with Gasteiger partial charge in [-0.05, 0) is 24.3 Å². The predicted molar refractivity (Wildman–Crippen MR) is 137 cm³/mol. The largest absolute Gasteiger partial charge is 0.489 e. The molecule has 11 nitrogen and oxygen atoms in total. The van der Waals surface area contributed by atoms with E-state index in [1.807, 2.05) is 6.07 Å². The van der Waals surface area contributed by atoms with Gasteiger partial charge in [-0.25, -0.2) is 0 Å². The van der Waals surface area contributed by atoms with Crippen LogP contribution in [0, 0.1) is 0 Å². The normalized spacial score (nSPS) is 25.6. The van der Waals surface area contributed by atoms with Crippen LogP contribution in [-0.4, -0.2) is 60.0 Å². The highest BCUT2D eigenvalue weighted by Crippen LogP contribution is 2.42. The van der Waals surface area contributed by atoms with Crippen LogP contribution in [-0.2, 0) is 55.3 Å². The van der Waals surface area contributed by atoms with Crippen molar-refractivity contribution >= 4 is 39.8 Å². The van der Waals surface area contributed by atoms with Gasteiger partial charge in [0.1, 0.15) is 25.1 Å². The highest BCUT2D eigenvalue weighted by Gasteiger charge is 2.60. The van der Waals surface area contributed by atoms with E-state index in [2.05, 4.69) is 15.9 Å². The minimum Gasteiger partial charge on any atom is -0.489 e. The molecular formula is C27H29BrO11. The van der Waals surface area contributed by atoms with Crippen molar-refractivity contribution in [3.05, 3.63) is 64.1 Å². The van der Waals surface area contributed by atoms with Crippen LogP contribution in [0.3, 0.4) is 0 Å². The summed E-state index contributed by atoms with van der Waals surface area (Å²) in [5.41, 5.74) is 0.433. The molecular weight excluding hydrogens is 580 g/mol. The number of carbonyl (C=O) groups is 4. The van der Waals surface area contributed by atoms with E-state index in [1.165, 1.54) is 18.2 Å². The quantitative estimate of drug-likeness (QED) is 0.329. The van der Waals surface area contributed by atoms with Crippen LogP contribution in [0.4, 0.5) is 0 Å². The highest BCUT2D eigenvalue weighted by molar-refractivity contribution is 9.10. The number of rotatable bonds is 9. The molecule has 1 aliphatic rings. The summed E-state index contributed by atoms with van der Waals surface area (Å²) in [6.07, 6.45) is -7.13. The molecule has 1 unspecified atom stereocenters. The van der Waals surface area contributed by atoms with E-state index in [9.17, 15) is 24.3 Å². The molecule has 39 heavy (non-hydrogen) atoms. The Hall–Kier alpha value is -3.48. The average Bonchev–Trinajstić information content (AvgIpc) is 3.02. The molecule has 2 aromatic carbocycles. The third kappa shape index (κ3) is 7.78. The molecule has 5 atom stereocenters. The SMILES string of the molecule is [2H]CC(=O)OC[C@H]1OC(O)(c2ccc(Br)c(COc3ccccc3)c2)[C@H](OC(=O)C[2H])[C@@H](OC(=O)C[2H])[C@@H]1OC(=O)C[2H]. The van der Waals surface area contributed by atoms with E-state index in [-0.39, 0.29) is 12.2 Å². The molecule has 210 valence electrons. The number of benzene rings is 2. The van der Waals surface area contributed by atoms with Crippen molar-refractivity contribution < 1.29 is 58.2 Å². The lowest BCUT2D eigenvalue weighted by molar-refractivity contribution is -0.360. The Morgan fingerprint density at radius 3 is 2.23 bits per heavy atom. The summed E-state index contributed by atoms with van der Waals surface area (Å²) in [6.45, 7) is -4.20. The second-order valence-corrected chi connectivity index (χ2v) is 9.12. The maximum Gasteiger partial charge on any atom is 0.303 e. The summed E-state index contributed by atoms with van der Waals surface area (Å²) >= 11 is 3.42. The van der Waals surface area contributed by atoms with Crippen LogP contribution in [0.15, 0.2) is 53.0 Å². The van der Waals surface area contributed by atoms with Crippen LogP contribution in [0.1, 0.15) is 44.2 Å². The molecule has 12 heteroatoms. The van der Waals surface area contributed by atoms with E-state index >= 15 is 0 Å². The monoisotopic (exact) mass is 612 g/mol. The van der Waals surface area contributed by atoms with Crippen molar-refractivity contribution in [1.82, 2.24) is 0 Å². The van der Waals surface area contributed by atoms with Crippen molar-refractivity contribution in [2.75, 3.05) is 6.61 Å². The molecule has 1 fully saturated rings. The first-order valence-electron chi connectivity index (χ1n) is 14.2. The summed E-state index contributed by atoms with van der Waals surface area (Å²) in [7, 11) is 0. The summed E-state index contributed by atoms with van der Waals surface area (Å²) < 4.78 is 62.7. The van der Waals surface area contributed by atoms with Gasteiger partial charge >= 0.3 is 23.9 Å². The molecule has 1 N–H and O–H groups in total. The first-order valence-corrected chi connectivity index (χ1v) is 12.1. The first kappa shape index (κ1) is 24.6. The summed E-state index contributed by atoms with van der Waals surface area (Å²) in [4.78, 5) is 48.8. The second-order valence-electron chi connectivity index (χ2n) is 8.26. The third-order valence-electron chi connectivity index (χ3n) is 5.50. The average molecular weight is 613 g/mol. The lowest BCUT2D eigenvalue weighted by atomic mass is 9.87.